The van der Waals surface area contributed by atoms with Crippen molar-refractivity contribution in [2.75, 3.05) is 36.8 Å². The van der Waals surface area contributed by atoms with Gasteiger partial charge in [0.25, 0.3) is 11.8 Å². The van der Waals surface area contributed by atoms with Crippen molar-refractivity contribution in [1.29, 1.82) is 0 Å². The highest BCUT2D eigenvalue weighted by Crippen LogP contribution is 2.17. The van der Waals surface area contributed by atoms with E-state index >= 15 is 0 Å². The number of ether oxygens (including phenoxy) is 2. The molecule has 48 heavy (non-hydrogen) atoms. The van der Waals surface area contributed by atoms with E-state index in [-0.39, 0.29) is 52.4 Å². The van der Waals surface area contributed by atoms with Crippen LogP contribution in [0.15, 0.2) is 65.2 Å². The van der Waals surface area contributed by atoms with Gasteiger partial charge in [-0.15, -0.1) is 0 Å². The summed E-state index contributed by atoms with van der Waals surface area (Å²) in [5.74, 6) is 2.76. The van der Waals surface area contributed by atoms with E-state index in [1.54, 1.807) is 24.3 Å². The Hall–Kier alpha value is -5.55. The Labute approximate surface area is 278 Å². The number of hydrogen-bond donors (Lipinski definition) is 3. The van der Waals surface area contributed by atoms with Gasteiger partial charge in [0.15, 0.2) is 0 Å². The smallest absolute Gasteiger partial charge is 0.335 e. The van der Waals surface area contributed by atoms with Crippen LogP contribution in [0, 0.1) is 11.8 Å². The molecule has 4 N–H and O–H groups in total. The van der Waals surface area contributed by atoms with Crippen molar-refractivity contribution in [3.8, 4) is 11.8 Å². The highest BCUT2D eigenvalue weighted by molar-refractivity contribution is 7.93. The van der Waals surface area contributed by atoms with Crippen LogP contribution in [0.4, 0.5) is 11.5 Å². The van der Waals surface area contributed by atoms with Gasteiger partial charge in [-0.2, -0.15) is 4.36 Å². The second-order valence-corrected chi connectivity index (χ2v) is 13.0. The minimum absolute atomic E-state index is 0.0180. The van der Waals surface area contributed by atoms with Crippen LogP contribution in [-0.2, 0) is 28.8 Å². The fourth-order valence-corrected chi connectivity index (χ4v) is 6.40. The van der Waals surface area contributed by atoms with Crippen LogP contribution in [0.1, 0.15) is 80.7 Å². The number of carboxylic acids is 1. The number of carbonyl (C=O) groups excluding carboxylic acids is 4. The van der Waals surface area contributed by atoms with Gasteiger partial charge < -0.3 is 25.6 Å². The van der Waals surface area contributed by atoms with Gasteiger partial charge in [0, 0.05) is 47.4 Å². The van der Waals surface area contributed by atoms with Crippen molar-refractivity contribution in [2.24, 2.45) is 4.36 Å². The van der Waals surface area contributed by atoms with Crippen molar-refractivity contribution in [1.82, 2.24) is 4.98 Å². The van der Waals surface area contributed by atoms with Gasteiger partial charge in [0.1, 0.15) is 5.82 Å². The normalized spacial score (nSPS) is 10.6. The van der Waals surface area contributed by atoms with Crippen LogP contribution in [0.25, 0.3) is 0 Å². The zero-order valence-corrected chi connectivity index (χ0v) is 27.3. The summed E-state index contributed by atoms with van der Waals surface area (Å²) in [4.78, 5) is 64.1. The number of amides is 2. The van der Waals surface area contributed by atoms with E-state index in [9.17, 15) is 33.3 Å². The van der Waals surface area contributed by atoms with Crippen molar-refractivity contribution < 1.29 is 42.8 Å². The van der Waals surface area contributed by atoms with E-state index in [1.807, 2.05) is 0 Å². The fraction of sp³-hybridized carbons (Fsp3) is 0.294. The number of carboxylic acid groups (broad SMARTS) is 1. The number of methoxy groups -OCH3 is 2. The molecule has 0 aliphatic heterocycles. The molecular weight excluding hydrogens is 640 g/mol. The molecule has 0 saturated heterocycles. The maximum Gasteiger partial charge on any atom is 0.335 e. The number of aromatic carboxylic acids is 1. The lowest BCUT2D eigenvalue weighted by molar-refractivity contribution is -0.141. The summed E-state index contributed by atoms with van der Waals surface area (Å²) in [5.41, 5.74) is 7.32. The van der Waals surface area contributed by atoms with E-state index in [2.05, 4.69) is 36.0 Å². The molecule has 2 aromatic carbocycles. The van der Waals surface area contributed by atoms with E-state index < -0.39 is 39.5 Å². The molecule has 0 spiro atoms. The number of unbranched alkanes of at least 4 members (excludes halogenated alkanes) is 2. The van der Waals surface area contributed by atoms with Gasteiger partial charge in [-0.3, -0.25) is 19.2 Å². The molecule has 0 atom stereocenters. The number of pyridine rings is 1. The molecule has 0 bridgehead atoms. The van der Waals surface area contributed by atoms with Crippen molar-refractivity contribution in [3.63, 3.8) is 0 Å². The van der Waals surface area contributed by atoms with Crippen molar-refractivity contribution in [3.05, 3.63) is 88.6 Å². The summed E-state index contributed by atoms with van der Waals surface area (Å²) in [6, 6.07) is 13.6. The minimum atomic E-state index is -3.05. The van der Waals surface area contributed by atoms with E-state index in [0.29, 0.717) is 36.9 Å². The van der Waals surface area contributed by atoms with Gasteiger partial charge in [-0.05, 0) is 68.1 Å². The number of nitrogen functional groups attached to an aromatic ring is 1. The standard InChI is InChI=1S/C34H36N4O9S/c1-46-29(39)13-3-5-17-48(45,18-6-4-14-30(40)47-2)38-33(42)27-20-24(31(35)36-22-27)16-15-23-9-7-12-28(19-23)37-32(41)25-10-8-11-26(21-25)34(43)44/h7-12,19-22H,3-6,13-14,17-18H2,1-2H3,(H2,35,36)(H,37,41)(H,43,44). The number of anilines is 2. The molecular formula is C34H36N4O9S. The molecule has 3 rings (SSSR count). The lowest BCUT2D eigenvalue weighted by Gasteiger charge is -2.10. The molecule has 0 unspecified atom stereocenters. The van der Waals surface area contributed by atoms with Gasteiger partial charge in [-0.25, -0.2) is 14.0 Å². The second-order valence-electron chi connectivity index (χ2n) is 10.5. The van der Waals surface area contributed by atoms with Crippen molar-refractivity contribution in [2.45, 2.75) is 38.5 Å². The summed E-state index contributed by atoms with van der Waals surface area (Å²) >= 11 is 0. The fourth-order valence-electron chi connectivity index (χ4n) is 4.30. The lowest BCUT2D eigenvalue weighted by Crippen LogP contribution is -2.15. The molecule has 3 aromatic rings. The number of nitrogens with one attached hydrogen (secondary N) is 1. The maximum absolute atomic E-state index is 13.8. The number of carbonyl (C=O) groups is 5. The number of benzene rings is 2. The predicted octanol–water partition coefficient (Wildman–Crippen LogP) is 4.31. The van der Waals surface area contributed by atoms with Crippen LogP contribution < -0.4 is 11.1 Å². The first-order chi connectivity index (χ1) is 22.9. The summed E-state index contributed by atoms with van der Waals surface area (Å²) in [7, 11) is -0.489. The zero-order chi connectivity index (χ0) is 35.1. The van der Waals surface area contributed by atoms with Gasteiger partial charge in [-0.1, -0.05) is 24.0 Å². The van der Waals surface area contributed by atoms with Crippen molar-refractivity contribution >= 4 is 51.0 Å². The Bertz CT molecular complexity index is 1840. The summed E-state index contributed by atoms with van der Waals surface area (Å²) < 4.78 is 27.1. The SMILES string of the molecule is COC(=O)CCCCS(=O)(CCCCC(=O)OC)=NC(=O)c1cnc(N)c(C#Cc2cccc(NC(=O)c3cccc(C(=O)O)c3)c2)c1. The van der Waals surface area contributed by atoms with Gasteiger partial charge in [0.05, 0.1) is 40.6 Å². The number of nitrogens with two attached hydrogens (primary N) is 1. The predicted molar refractivity (Wildman–Crippen MR) is 179 cm³/mol. The molecule has 1 aromatic heterocycles. The summed E-state index contributed by atoms with van der Waals surface area (Å²) in [5, 5.41) is 11.9. The third-order valence-corrected chi connectivity index (χ3v) is 9.24. The van der Waals surface area contributed by atoms with Gasteiger partial charge in [0.2, 0.25) is 0 Å². The largest absolute Gasteiger partial charge is 0.478 e. The Morgan fingerprint density at radius 1 is 0.854 bits per heavy atom. The van der Waals surface area contributed by atoms with E-state index in [0.717, 1.165) is 0 Å². The average molecular weight is 677 g/mol. The first kappa shape index (κ1) is 36.9. The Balaban J connectivity index is 1.79. The molecule has 0 fully saturated rings. The number of nitrogens with zero attached hydrogens (tertiary/aromatic N) is 2. The van der Waals surface area contributed by atoms with Crippen LogP contribution in [0.2, 0.25) is 0 Å². The monoisotopic (exact) mass is 676 g/mol. The lowest BCUT2D eigenvalue weighted by atomic mass is 10.1. The number of aromatic nitrogens is 1. The third-order valence-electron chi connectivity index (χ3n) is 6.89. The zero-order valence-electron chi connectivity index (χ0n) is 26.5. The molecule has 13 nitrogen and oxygen atoms in total. The van der Waals surface area contributed by atoms with Crippen LogP contribution >= 0.6 is 0 Å². The average Bonchev–Trinajstić information content (AvgIpc) is 3.08. The molecule has 0 radical (unpaired) electrons. The van der Waals surface area contributed by atoms with Crippen LogP contribution in [0.3, 0.4) is 0 Å². The van der Waals surface area contributed by atoms with Crippen LogP contribution in [0.5, 0.6) is 0 Å². The first-order valence-electron chi connectivity index (χ1n) is 14.9. The van der Waals surface area contributed by atoms with Crippen LogP contribution in [-0.4, -0.2) is 69.7 Å². The van der Waals surface area contributed by atoms with E-state index in [1.165, 1.54) is 50.7 Å². The molecule has 252 valence electrons. The third kappa shape index (κ3) is 11.7. The van der Waals surface area contributed by atoms with Gasteiger partial charge >= 0.3 is 17.9 Å². The number of hydrogen-bond acceptors (Lipinski definition) is 10. The molecule has 2 amide bonds. The topological polar surface area (TPSA) is 204 Å². The number of rotatable bonds is 14. The Kier molecular flexibility index (Phi) is 13.8. The Morgan fingerprint density at radius 2 is 1.48 bits per heavy atom. The molecule has 14 heteroatoms. The highest BCUT2D eigenvalue weighted by atomic mass is 32.2. The first-order valence-corrected chi connectivity index (χ1v) is 16.7. The molecule has 0 aliphatic carbocycles. The second kappa shape index (κ2) is 18.0. The molecule has 0 aliphatic rings. The van der Waals surface area contributed by atoms with E-state index in [4.69, 9.17) is 5.73 Å². The molecule has 0 saturated carbocycles. The quantitative estimate of drug-likeness (QED) is 0.125. The summed E-state index contributed by atoms with van der Waals surface area (Å²) in [6.45, 7) is 0. The number of esters is 2. The summed E-state index contributed by atoms with van der Waals surface area (Å²) in [6.07, 6.45) is 3.04. The highest BCUT2D eigenvalue weighted by Gasteiger charge is 2.16. The molecule has 1 heterocycles. The minimum Gasteiger partial charge on any atom is -0.478 e. The maximum atomic E-state index is 13.8. The Morgan fingerprint density at radius 3 is 2.10 bits per heavy atom.